The Hall–Kier alpha value is -2.50. The molecule has 0 unspecified atom stereocenters. The number of hydrogen-bond acceptors (Lipinski definition) is 4. The van der Waals surface area contributed by atoms with Crippen molar-refractivity contribution in [3.05, 3.63) is 36.7 Å². The van der Waals surface area contributed by atoms with Crippen LogP contribution in [-0.4, -0.2) is 19.9 Å². The third-order valence-corrected chi connectivity index (χ3v) is 2.43. The highest BCUT2D eigenvalue weighted by Crippen LogP contribution is 2.26. The molecule has 3 aromatic heterocycles. The summed E-state index contributed by atoms with van der Waals surface area (Å²) in [6, 6.07) is 1.40. The van der Waals surface area contributed by atoms with Gasteiger partial charge in [0.25, 0.3) is 0 Å². The number of fused-ring (bicyclic) bond motifs is 1. The lowest BCUT2D eigenvalue weighted by molar-refractivity contribution is 0.624. The lowest BCUT2D eigenvalue weighted by atomic mass is 10.1. The number of nitrogen functional groups attached to an aromatic ring is 1. The van der Waals surface area contributed by atoms with Crippen LogP contribution in [0.3, 0.4) is 0 Å². The number of nitrogens with two attached hydrogens (primary N) is 1. The van der Waals surface area contributed by atoms with Crippen molar-refractivity contribution in [1.82, 2.24) is 19.9 Å². The van der Waals surface area contributed by atoms with Crippen LogP contribution in [0.15, 0.2) is 30.9 Å². The Morgan fingerprint density at radius 3 is 2.94 bits per heavy atom. The maximum absolute atomic E-state index is 13.2. The van der Waals surface area contributed by atoms with Crippen LogP contribution in [0.4, 0.5) is 10.2 Å². The van der Waals surface area contributed by atoms with Gasteiger partial charge in [-0.15, -0.1) is 0 Å². The number of aromatic amines is 1. The Kier molecular flexibility index (Phi) is 2.01. The lowest BCUT2D eigenvalue weighted by Crippen LogP contribution is -1.93. The Labute approximate surface area is 95.5 Å². The number of pyridine rings is 1. The predicted molar refractivity (Wildman–Crippen MR) is 61.5 cm³/mol. The van der Waals surface area contributed by atoms with E-state index < -0.39 is 5.82 Å². The van der Waals surface area contributed by atoms with Gasteiger partial charge in [0.2, 0.25) is 0 Å². The first-order chi connectivity index (χ1) is 8.24. The average Bonchev–Trinajstić information content (AvgIpc) is 2.71. The van der Waals surface area contributed by atoms with Crippen LogP contribution in [0.5, 0.6) is 0 Å². The minimum absolute atomic E-state index is 0.321. The van der Waals surface area contributed by atoms with Crippen LogP contribution in [0.2, 0.25) is 0 Å². The van der Waals surface area contributed by atoms with Crippen molar-refractivity contribution in [1.29, 1.82) is 0 Å². The van der Waals surface area contributed by atoms with Gasteiger partial charge in [-0.2, -0.15) is 0 Å². The van der Waals surface area contributed by atoms with Crippen LogP contribution in [-0.2, 0) is 0 Å². The molecule has 0 bridgehead atoms. The van der Waals surface area contributed by atoms with E-state index in [0.29, 0.717) is 22.5 Å². The number of nitrogens with one attached hydrogen (secondary N) is 1. The number of aromatic nitrogens is 4. The lowest BCUT2D eigenvalue weighted by Gasteiger charge is -1.99. The Bertz CT molecular complexity index is 691. The number of nitrogens with zero attached hydrogens (tertiary/aromatic N) is 3. The number of anilines is 1. The molecule has 84 valence electrons. The van der Waals surface area contributed by atoms with Crippen molar-refractivity contribution in [2.75, 3.05) is 5.73 Å². The zero-order valence-electron chi connectivity index (χ0n) is 8.68. The standard InChI is InChI=1S/C11H8FN5/c12-6-1-7-8(3-16-11(7)15-2-6)9-4-14-5-10(13)17-9/h1-5H,(H2,13,17)(H,15,16). The molecule has 3 aromatic rings. The Morgan fingerprint density at radius 2 is 2.12 bits per heavy atom. The van der Waals surface area contributed by atoms with Crippen LogP contribution < -0.4 is 5.73 Å². The van der Waals surface area contributed by atoms with E-state index in [1.54, 1.807) is 12.4 Å². The number of halogens is 1. The predicted octanol–water partition coefficient (Wildman–Crippen LogP) is 1.74. The number of hydrogen-bond donors (Lipinski definition) is 2. The van der Waals surface area contributed by atoms with Crippen LogP contribution in [0, 0.1) is 5.82 Å². The molecule has 0 radical (unpaired) electrons. The molecule has 0 saturated carbocycles. The number of rotatable bonds is 1. The fourth-order valence-corrected chi connectivity index (χ4v) is 1.70. The van der Waals surface area contributed by atoms with E-state index in [0.717, 1.165) is 11.8 Å². The molecule has 0 aliphatic heterocycles. The fraction of sp³-hybridized carbons (Fsp3) is 0. The first kappa shape index (κ1) is 9.71. The summed E-state index contributed by atoms with van der Waals surface area (Å²) in [5, 5.41) is 0.657. The minimum atomic E-state index is -0.393. The van der Waals surface area contributed by atoms with E-state index in [-0.39, 0.29) is 0 Å². The van der Waals surface area contributed by atoms with E-state index in [2.05, 4.69) is 19.9 Å². The van der Waals surface area contributed by atoms with E-state index in [1.165, 1.54) is 12.3 Å². The molecule has 0 fully saturated rings. The van der Waals surface area contributed by atoms with Crippen molar-refractivity contribution in [2.45, 2.75) is 0 Å². The second-order valence-corrected chi connectivity index (χ2v) is 3.58. The summed E-state index contributed by atoms with van der Waals surface area (Å²) >= 11 is 0. The molecule has 0 aliphatic rings. The molecule has 0 atom stereocenters. The number of H-pyrrole nitrogens is 1. The largest absolute Gasteiger partial charge is 0.382 e. The van der Waals surface area contributed by atoms with Crippen molar-refractivity contribution in [3.63, 3.8) is 0 Å². The first-order valence-electron chi connectivity index (χ1n) is 4.94. The third kappa shape index (κ3) is 1.59. The van der Waals surface area contributed by atoms with Gasteiger partial charge < -0.3 is 10.7 Å². The highest BCUT2D eigenvalue weighted by atomic mass is 19.1. The van der Waals surface area contributed by atoms with Gasteiger partial charge in [0.15, 0.2) is 0 Å². The molecule has 5 nitrogen and oxygen atoms in total. The van der Waals surface area contributed by atoms with Gasteiger partial charge in [0.1, 0.15) is 17.3 Å². The molecule has 3 rings (SSSR count). The van der Waals surface area contributed by atoms with E-state index in [4.69, 9.17) is 5.73 Å². The monoisotopic (exact) mass is 229 g/mol. The van der Waals surface area contributed by atoms with Gasteiger partial charge in [-0.1, -0.05) is 0 Å². The first-order valence-corrected chi connectivity index (χ1v) is 4.94. The molecule has 0 spiro atoms. The van der Waals surface area contributed by atoms with Crippen molar-refractivity contribution in [3.8, 4) is 11.3 Å². The molecule has 6 heteroatoms. The third-order valence-electron chi connectivity index (χ3n) is 2.43. The van der Waals surface area contributed by atoms with Crippen LogP contribution in [0.25, 0.3) is 22.3 Å². The van der Waals surface area contributed by atoms with Crippen molar-refractivity contribution >= 4 is 16.9 Å². The Morgan fingerprint density at radius 1 is 1.24 bits per heavy atom. The smallest absolute Gasteiger partial charge is 0.142 e. The summed E-state index contributed by atoms with van der Waals surface area (Å²) in [7, 11) is 0. The molecule has 0 aromatic carbocycles. The zero-order chi connectivity index (χ0) is 11.8. The maximum atomic E-state index is 13.2. The second kappa shape index (κ2) is 3.51. The molecule has 0 saturated heterocycles. The summed E-state index contributed by atoms with van der Waals surface area (Å²) in [5.41, 5.74) is 7.48. The summed E-state index contributed by atoms with van der Waals surface area (Å²) in [5.74, 6) is -0.0728. The van der Waals surface area contributed by atoms with E-state index in [1.807, 2.05) is 0 Å². The second-order valence-electron chi connectivity index (χ2n) is 3.58. The molecule has 0 amide bonds. The highest BCUT2D eigenvalue weighted by molar-refractivity contribution is 5.92. The molecule has 3 heterocycles. The minimum Gasteiger partial charge on any atom is -0.382 e. The SMILES string of the molecule is Nc1cncc(-c2c[nH]c3ncc(F)cc23)n1. The van der Waals surface area contributed by atoms with Gasteiger partial charge in [0.05, 0.1) is 24.3 Å². The van der Waals surface area contributed by atoms with Gasteiger partial charge in [-0.05, 0) is 6.07 Å². The van der Waals surface area contributed by atoms with Gasteiger partial charge >= 0.3 is 0 Å². The molecular formula is C11H8FN5. The van der Waals surface area contributed by atoms with Gasteiger partial charge in [0, 0.05) is 17.1 Å². The average molecular weight is 229 g/mol. The topological polar surface area (TPSA) is 80.5 Å². The molecular weight excluding hydrogens is 221 g/mol. The molecule has 3 N–H and O–H groups in total. The van der Waals surface area contributed by atoms with Crippen LogP contribution >= 0.6 is 0 Å². The zero-order valence-corrected chi connectivity index (χ0v) is 8.68. The highest BCUT2D eigenvalue weighted by Gasteiger charge is 2.09. The normalized spacial score (nSPS) is 10.9. The summed E-state index contributed by atoms with van der Waals surface area (Å²) in [6.07, 6.45) is 5.90. The van der Waals surface area contributed by atoms with E-state index >= 15 is 0 Å². The summed E-state index contributed by atoms with van der Waals surface area (Å²) < 4.78 is 13.2. The van der Waals surface area contributed by atoms with Crippen molar-refractivity contribution < 1.29 is 4.39 Å². The summed E-state index contributed by atoms with van der Waals surface area (Å²) in [6.45, 7) is 0. The molecule has 17 heavy (non-hydrogen) atoms. The van der Waals surface area contributed by atoms with Gasteiger partial charge in [-0.25, -0.2) is 14.4 Å². The Balaban J connectivity index is 2.27. The maximum Gasteiger partial charge on any atom is 0.142 e. The molecule has 0 aliphatic carbocycles. The summed E-state index contributed by atoms with van der Waals surface area (Å²) in [4.78, 5) is 15.0. The van der Waals surface area contributed by atoms with Crippen molar-refractivity contribution in [2.24, 2.45) is 0 Å². The van der Waals surface area contributed by atoms with Crippen LogP contribution in [0.1, 0.15) is 0 Å². The van der Waals surface area contributed by atoms with Gasteiger partial charge in [-0.3, -0.25) is 4.98 Å². The fourth-order valence-electron chi connectivity index (χ4n) is 1.70. The van der Waals surface area contributed by atoms with E-state index in [9.17, 15) is 4.39 Å². The quantitative estimate of drug-likeness (QED) is 0.666.